The molecule has 4 amide bonds. The standard InChI is InChI=1S/C22H28N4O4/c1-24(2)16-6-4-5-7-17(16)25(3)13-8-9-14-15(12-13)22(30)26(21(14)29)18-10-11-19(27)23-20(18)28/h8-9,12,16-18H,4-7,10-11H2,1-3H3,(H,23,27,28)/t16-,17+,18?/m0/s1. The minimum atomic E-state index is -0.937. The highest BCUT2D eigenvalue weighted by molar-refractivity contribution is 6.23. The topological polar surface area (TPSA) is 90.0 Å². The predicted molar refractivity (Wildman–Crippen MR) is 111 cm³/mol. The lowest BCUT2D eigenvalue weighted by Crippen LogP contribution is -2.54. The Morgan fingerprint density at radius 3 is 2.23 bits per heavy atom. The summed E-state index contributed by atoms with van der Waals surface area (Å²) in [6.07, 6.45) is 4.87. The number of amides is 4. The lowest BCUT2D eigenvalue weighted by atomic mass is 9.88. The molecule has 1 N–H and O–H groups in total. The number of carbonyl (C=O) groups excluding carboxylic acids is 4. The van der Waals surface area contributed by atoms with Gasteiger partial charge in [-0.15, -0.1) is 0 Å². The Kier molecular flexibility index (Phi) is 5.36. The van der Waals surface area contributed by atoms with E-state index in [9.17, 15) is 19.2 Å². The predicted octanol–water partition coefficient (Wildman–Crippen LogP) is 1.40. The Morgan fingerprint density at radius 1 is 0.900 bits per heavy atom. The second-order valence-electron chi connectivity index (χ2n) is 8.67. The molecule has 160 valence electrons. The van der Waals surface area contributed by atoms with E-state index in [0.29, 0.717) is 23.2 Å². The van der Waals surface area contributed by atoms with Gasteiger partial charge in [-0.1, -0.05) is 12.8 Å². The minimum Gasteiger partial charge on any atom is -0.370 e. The van der Waals surface area contributed by atoms with Crippen molar-refractivity contribution < 1.29 is 19.2 Å². The second kappa shape index (κ2) is 7.83. The van der Waals surface area contributed by atoms with Crippen LogP contribution in [0.3, 0.4) is 0 Å². The molecule has 1 aromatic carbocycles. The maximum absolute atomic E-state index is 13.1. The van der Waals surface area contributed by atoms with Gasteiger partial charge in [-0.05, 0) is 51.6 Å². The van der Waals surface area contributed by atoms with E-state index >= 15 is 0 Å². The number of carbonyl (C=O) groups is 4. The molecule has 1 aromatic rings. The van der Waals surface area contributed by atoms with Crippen LogP contribution in [0.15, 0.2) is 18.2 Å². The maximum atomic E-state index is 13.1. The van der Waals surface area contributed by atoms with E-state index in [-0.39, 0.29) is 18.7 Å². The van der Waals surface area contributed by atoms with Gasteiger partial charge in [0.15, 0.2) is 0 Å². The zero-order valence-corrected chi connectivity index (χ0v) is 17.7. The summed E-state index contributed by atoms with van der Waals surface area (Å²) in [6.45, 7) is 0. The molecule has 1 saturated heterocycles. The fourth-order valence-corrected chi connectivity index (χ4v) is 5.02. The van der Waals surface area contributed by atoms with Crippen molar-refractivity contribution in [2.75, 3.05) is 26.0 Å². The van der Waals surface area contributed by atoms with Gasteiger partial charge in [-0.3, -0.25) is 29.4 Å². The van der Waals surface area contributed by atoms with E-state index in [4.69, 9.17) is 0 Å². The van der Waals surface area contributed by atoms with Gasteiger partial charge in [0.1, 0.15) is 6.04 Å². The molecule has 2 fully saturated rings. The van der Waals surface area contributed by atoms with E-state index in [1.807, 2.05) is 13.1 Å². The van der Waals surface area contributed by atoms with Crippen molar-refractivity contribution in [1.29, 1.82) is 0 Å². The molecule has 2 heterocycles. The Balaban J connectivity index is 1.60. The third-order valence-electron chi connectivity index (χ3n) is 6.69. The van der Waals surface area contributed by atoms with E-state index < -0.39 is 23.8 Å². The molecule has 0 aromatic heterocycles. The van der Waals surface area contributed by atoms with Crippen molar-refractivity contribution in [3.8, 4) is 0 Å². The van der Waals surface area contributed by atoms with Gasteiger partial charge in [-0.2, -0.15) is 0 Å². The van der Waals surface area contributed by atoms with Crippen LogP contribution in [0.4, 0.5) is 5.69 Å². The number of fused-ring (bicyclic) bond motifs is 1. The SMILES string of the molecule is CN(C)[C@H]1CCCC[C@H]1N(C)c1ccc2c(c1)C(=O)N(C1CCC(=O)NC1=O)C2=O. The molecule has 2 aliphatic heterocycles. The molecule has 0 radical (unpaired) electrons. The largest absolute Gasteiger partial charge is 0.370 e. The minimum absolute atomic E-state index is 0.116. The smallest absolute Gasteiger partial charge is 0.262 e. The Morgan fingerprint density at radius 2 is 1.57 bits per heavy atom. The van der Waals surface area contributed by atoms with Gasteiger partial charge in [0, 0.05) is 31.2 Å². The van der Waals surface area contributed by atoms with Gasteiger partial charge in [0.25, 0.3) is 11.8 Å². The molecule has 1 aliphatic carbocycles. The van der Waals surface area contributed by atoms with Crippen LogP contribution >= 0.6 is 0 Å². The molecule has 3 aliphatic rings. The summed E-state index contributed by atoms with van der Waals surface area (Å²) in [5.41, 5.74) is 1.53. The number of benzene rings is 1. The Hall–Kier alpha value is -2.74. The summed E-state index contributed by atoms with van der Waals surface area (Å²) in [7, 11) is 6.23. The molecule has 4 rings (SSSR count). The van der Waals surface area contributed by atoms with Crippen LogP contribution in [-0.2, 0) is 9.59 Å². The number of anilines is 1. The van der Waals surface area contributed by atoms with Gasteiger partial charge in [0.05, 0.1) is 11.1 Å². The van der Waals surface area contributed by atoms with E-state index in [0.717, 1.165) is 23.4 Å². The maximum Gasteiger partial charge on any atom is 0.262 e. The lowest BCUT2D eigenvalue weighted by molar-refractivity contribution is -0.136. The molecule has 0 spiro atoms. The average Bonchev–Trinajstić information content (AvgIpc) is 2.97. The number of nitrogens with zero attached hydrogens (tertiary/aromatic N) is 3. The molecule has 1 unspecified atom stereocenters. The number of likely N-dealkylation sites (N-methyl/N-ethyl adjacent to an activating group) is 2. The molecule has 8 heteroatoms. The highest BCUT2D eigenvalue weighted by atomic mass is 16.2. The third kappa shape index (κ3) is 3.39. The number of rotatable bonds is 4. The van der Waals surface area contributed by atoms with Crippen LogP contribution in [0.5, 0.6) is 0 Å². The quantitative estimate of drug-likeness (QED) is 0.752. The monoisotopic (exact) mass is 412 g/mol. The fourth-order valence-electron chi connectivity index (χ4n) is 5.02. The number of hydrogen-bond acceptors (Lipinski definition) is 6. The summed E-state index contributed by atoms with van der Waals surface area (Å²) in [6, 6.07) is 5.13. The third-order valence-corrected chi connectivity index (χ3v) is 6.69. The van der Waals surface area contributed by atoms with Crippen molar-refractivity contribution >= 4 is 29.3 Å². The van der Waals surface area contributed by atoms with Crippen LogP contribution in [0.2, 0.25) is 0 Å². The van der Waals surface area contributed by atoms with Crippen LogP contribution in [0, 0.1) is 0 Å². The lowest BCUT2D eigenvalue weighted by Gasteiger charge is -2.42. The van der Waals surface area contributed by atoms with Crippen molar-refractivity contribution in [2.45, 2.75) is 56.7 Å². The first kappa shape index (κ1) is 20.5. The number of piperidine rings is 1. The summed E-state index contributed by atoms with van der Waals surface area (Å²) in [5, 5.41) is 2.23. The summed E-state index contributed by atoms with van der Waals surface area (Å²) in [4.78, 5) is 55.1. The summed E-state index contributed by atoms with van der Waals surface area (Å²) >= 11 is 0. The van der Waals surface area contributed by atoms with Crippen LogP contribution in [0.1, 0.15) is 59.2 Å². The first-order valence-corrected chi connectivity index (χ1v) is 10.5. The first-order chi connectivity index (χ1) is 14.3. The van der Waals surface area contributed by atoms with Gasteiger partial charge in [-0.25, -0.2) is 0 Å². The summed E-state index contributed by atoms with van der Waals surface area (Å²) < 4.78 is 0. The highest BCUT2D eigenvalue weighted by Gasteiger charge is 2.45. The van der Waals surface area contributed by atoms with Crippen molar-refractivity contribution in [3.63, 3.8) is 0 Å². The van der Waals surface area contributed by atoms with Crippen LogP contribution < -0.4 is 10.2 Å². The molecular weight excluding hydrogens is 384 g/mol. The second-order valence-corrected chi connectivity index (χ2v) is 8.67. The number of imide groups is 2. The fraction of sp³-hybridized carbons (Fsp3) is 0.545. The molecule has 3 atom stereocenters. The first-order valence-electron chi connectivity index (χ1n) is 10.5. The van der Waals surface area contributed by atoms with Crippen molar-refractivity contribution in [3.05, 3.63) is 29.3 Å². The Labute approximate surface area is 176 Å². The van der Waals surface area contributed by atoms with E-state index in [1.165, 1.54) is 12.8 Å². The molecule has 1 saturated carbocycles. The summed E-state index contributed by atoms with van der Waals surface area (Å²) in [5.74, 6) is -1.90. The zero-order chi connectivity index (χ0) is 21.6. The van der Waals surface area contributed by atoms with Crippen molar-refractivity contribution in [2.24, 2.45) is 0 Å². The molecular formula is C22H28N4O4. The van der Waals surface area contributed by atoms with Crippen LogP contribution in [0.25, 0.3) is 0 Å². The Bertz CT molecular complexity index is 912. The number of nitrogens with one attached hydrogen (secondary N) is 1. The van der Waals surface area contributed by atoms with E-state index in [1.54, 1.807) is 12.1 Å². The van der Waals surface area contributed by atoms with Crippen LogP contribution in [-0.4, -0.2) is 72.7 Å². The van der Waals surface area contributed by atoms with Gasteiger partial charge < -0.3 is 9.80 Å². The van der Waals surface area contributed by atoms with Gasteiger partial charge >= 0.3 is 0 Å². The van der Waals surface area contributed by atoms with Crippen molar-refractivity contribution in [1.82, 2.24) is 15.1 Å². The highest BCUT2D eigenvalue weighted by Crippen LogP contribution is 2.33. The molecule has 8 nitrogen and oxygen atoms in total. The van der Waals surface area contributed by atoms with E-state index in [2.05, 4.69) is 29.2 Å². The molecule has 0 bridgehead atoms. The average molecular weight is 412 g/mol. The molecule has 30 heavy (non-hydrogen) atoms. The van der Waals surface area contributed by atoms with Gasteiger partial charge in [0.2, 0.25) is 11.8 Å². The zero-order valence-electron chi connectivity index (χ0n) is 17.7. The normalized spacial score (nSPS) is 26.8. The number of hydrogen-bond donors (Lipinski definition) is 1.